The Morgan fingerprint density at radius 1 is 0.455 bits per heavy atom. The summed E-state index contributed by atoms with van der Waals surface area (Å²) in [6.07, 6.45) is 0. The second kappa shape index (κ2) is 9.30. The van der Waals surface area contributed by atoms with Gasteiger partial charge in [0.2, 0.25) is 0 Å². The van der Waals surface area contributed by atoms with E-state index in [0.717, 1.165) is 0 Å². The van der Waals surface area contributed by atoms with Crippen LogP contribution in [0.2, 0.25) is 0 Å². The van der Waals surface area contributed by atoms with Crippen LogP contribution in [0.1, 0.15) is 25.0 Å². The van der Waals surface area contributed by atoms with E-state index in [9.17, 15) is 0 Å². The number of nitrogens with zero attached hydrogens (tertiary/aromatic N) is 1. The van der Waals surface area contributed by atoms with Crippen molar-refractivity contribution in [2.45, 2.75) is 19.3 Å². The normalized spacial score (nSPS) is 13.4. The molecule has 1 nitrogen and oxygen atoms in total. The van der Waals surface area contributed by atoms with Crippen molar-refractivity contribution in [2.75, 3.05) is 0 Å². The van der Waals surface area contributed by atoms with Gasteiger partial charge < -0.3 is 4.57 Å². The molecule has 0 saturated carbocycles. The predicted molar refractivity (Wildman–Crippen MR) is 187 cm³/mol. The zero-order valence-electron chi connectivity index (χ0n) is 24.9. The van der Waals surface area contributed by atoms with Gasteiger partial charge in [-0.25, -0.2) is 0 Å². The van der Waals surface area contributed by atoms with Gasteiger partial charge in [-0.15, -0.1) is 0 Å². The highest BCUT2D eigenvalue weighted by Gasteiger charge is 2.37. The average Bonchev–Trinajstić information content (AvgIpc) is 3.53. The number of hydrogen-bond donors (Lipinski definition) is 0. The van der Waals surface area contributed by atoms with Crippen LogP contribution in [-0.4, -0.2) is 4.57 Å². The molecule has 1 aromatic heterocycles. The lowest BCUT2D eigenvalue weighted by Gasteiger charge is -2.22. The van der Waals surface area contributed by atoms with E-state index in [4.69, 9.17) is 0 Å². The Hall–Kier alpha value is -5.40. The molecule has 0 atom stereocenters. The Morgan fingerprint density at radius 3 is 1.73 bits per heavy atom. The molecule has 1 aliphatic rings. The molecule has 9 rings (SSSR count). The second-order valence-corrected chi connectivity index (χ2v) is 12.6. The van der Waals surface area contributed by atoms with Gasteiger partial charge >= 0.3 is 0 Å². The molecule has 1 heteroatoms. The molecular weight excluding hydrogens is 530 g/mol. The van der Waals surface area contributed by atoms with Crippen molar-refractivity contribution in [1.29, 1.82) is 0 Å². The highest BCUT2D eigenvalue weighted by molar-refractivity contribution is 6.18. The van der Waals surface area contributed by atoms with Crippen LogP contribution in [0.15, 0.2) is 152 Å². The molecule has 0 fully saturated rings. The molecule has 0 aliphatic heterocycles. The molecular formula is C43H31N. The van der Waals surface area contributed by atoms with E-state index in [-0.39, 0.29) is 5.41 Å². The van der Waals surface area contributed by atoms with Crippen molar-refractivity contribution < 1.29 is 0 Å². The fraction of sp³-hybridized carbons (Fsp3) is 0.0698. The van der Waals surface area contributed by atoms with Crippen LogP contribution in [0, 0.1) is 0 Å². The van der Waals surface area contributed by atoms with E-state index in [1.807, 2.05) is 0 Å². The lowest BCUT2D eigenvalue weighted by molar-refractivity contribution is 0.661. The van der Waals surface area contributed by atoms with Crippen molar-refractivity contribution in [3.63, 3.8) is 0 Å². The van der Waals surface area contributed by atoms with Crippen LogP contribution < -0.4 is 0 Å². The summed E-state index contributed by atoms with van der Waals surface area (Å²) >= 11 is 0. The summed E-state index contributed by atoms with van der Waals surface area (Å²) in [7, 11) is 0. The lowest BCUT2D eigenvalue weighted by Crippen LogP contribution is -2.14. The Kier molecular flexibility index (Phi) is 5.31. The van der Waals surface area contributed by atoms with Crippen molar-refractivity contribution >= 4 is 32.6 Å². The highest BCUT2D eigenvalue weighted by Crippen LogP contribution is 2.54. The van der Waals surface area contributed by atoms with Gasteiger partial charge in [0.1, 0.15) is 0 Å². The molecule has 208 valence electrons. The summed E-state index contributed by atoms with van der Waals surface area (Å²) in [5.41, 5.74) is 14.0. The number of hydrogen-bond acceptors (Lipinski definition) is 0. The van der Waals surface area contributed by atoms with E-state index in [1.54, 1.807) is 0 Å². The molecule has 1 heterocycles. The first kappa shape index (κ1) is 25.1. The van der Waals surface area contributed by atoms with Gasteiger partial charge in [-0.05, 0) is 97.7 Å². The molecule has 1 aliphatic carbocycles. The number of rotatable bonds is 3. The van der Waals surface area contributed by atoms with Gasteiger partial charge in [-0.1, -0.05) is 123 Å². The van der Waals surface area contributed by atoms with Crippen LogP contribution in [0.3, 0.4) is 0 Å². The molecule has 0 radical (unpaired) electrons. The highest BCUT2D eigenvalue weighted by atomic mass is 15.0. The Morgan fingerprint density at radius 2 is 1.05 bits per heavy atom. The van der Waals surface area contributed by atoms with Crippen molar-refractivity contribution in [2.24, 2.45) is 0 Å². The zero-order chi connectivity index (χ0) is 29.4. The summed E-state index contributed by atoms with van der Waals surface area (Å²) in [6.45, 7) is 4.76. The lowest BCUT2D eigenvalue weighted by atomic mass is 9.81. The van der Waals surface area contributed by atoms with Gasteiger partial charge in [-0.2, -0.15) is 0 Å². The first-order valence-electron chi connectivity index (χ1n) is 15.4. The molecule has 0 unspecified atom stereocenters. The summed E-state index contributed by atoms with van der Waals surface area (Å²) in [6, 6.07) is 55.8. The van der Waals surface area contributed by atoms with Crippen molar-refractivity contribution in [3.05, 3.63) is 163 Å². The zero-order valence-corrected chi connectivity index (χ0v) is 24.9. The van der Waals surface area contributed by atoms with Gasteiger partial charge in [0, 0.05) is 21.9 Å². The molecule has 7 aromatic carbocycles. The van der Waals surface area contributed by atoms with E-state index >= 15 is 0 Å². The maximum Gasteiger partial charge on any atom is 0.0547 e. The fourth-order valence-electron chi connectivity index (χ4n) is 7.58. The third-order valence-corrected chi connectivity index (χ3v) is 9.73. The standard InChI is InChI=1S/C43H31N/c1-43(2)37-21-22-40-42(41(37)36-26-30-17-9-10-18-31(30)27-38(36)43)35-19-11-12-20-39(35)44(40)34-24-32(28-13-5-3-6-14-28)23-33(25-34)29-15-7-4-8-16-29/h3-27H,1-2H3. The number of fused-ring (bicyclic) bond motifs is 8. The summed E-state index contributed by atoms with van der Waals surface area (Å²) in [4.78, 5) is 0. The Balaban J connectivity index is 1.39. The van der Waals surface area contributed by atoms with Crippen molar-refractivity contribution in [3.8, 4) is 39.1 Å². The van der Waals surface area contributed by atoms with Gasteiger partial charge in [0.15, 0.2) is 0 Å². The van der Waals surface area contributed by atoms with Crippen LogP contribution in [0.25, 0.3) is 71.6 Å². The third-order valence-electron chi connectivity index (χ3n) is 9.73. The third kappa shape index (κ3) is 3.59. The average molecular weight is 562 g/mol. The molecule has 0 saturated heterocycles. The van der Waals surface area contributed by atoms with E-state index in [1.165, 1.54) is 82.8 Å². The summed E-state index contributed by atoms with van der Waals surface area (Å²) < 4.78 is 2.48. The molecule has 0 amide bonds. The van der Waals surface area contributed by atoms with E-state index in [0.29, 0.717) is 0 Å². The SMILES string of the molecule is CC1(C)c2cc3ccccc3cc2-c2c1ccc1c2c2ccccc2n1-c1cc(-c2ccccc2)cc(-c2ccccc2)c1. The number of aromatic nitrogens is 1. The number of para-hydroxylation sites is 1. The monoisotopic (exact) mass is 561 g/mol. The van der Waals surface area contributed by atoms with Crippen LogP contribution in [0.5, 0.6) is 0 Å². The molecule has 0 bridgehead atoms. The summed E-state index contributed by atoms with van der Waals surface area (Å²) in [5, 5.41) is 5.23. The topological polar surface area (TPSA) is 4.93 Å². The minimum Gasteiger partial charge on any atom is -0.309 e. The summed E-state index contributed by atoms with van der Waals surface area (Å²) in [5.74, 6) is 0. The van der Waals surface area contributed by atoms with E-state index < -0.39 is 0 Å². The van der Waals surface area contributed by atoms with Gasteiger partial charge in [0.25, 0.3) is 0 Å². The molecule has 0 N–H and O–H groups in total. The quantitative estimate of drug-likeness (QED) is 0.202. The van der Waals surface area contributed by atoms with Crippen molar-refractivity contribution in [1.82, 2.24) is 4.57 Å². The largest absolute Gasteiger partial charge is 0.309 e. The van der Waals surface area contributed by atoms with Crippen LogP contribution in [-0.2, 0) is 5.41 Å². The van der Waals surface area contributed by atoms with Gasteiger partial charge in [0.05, 0.1) is 11.0 Å². The maximum absolute atomic E-state index is 2.48. The maximum atomic E-state index is 2.48. The number of benzene rings is 7. The molecule has 44 heavy (non-hydrogen) atoms. The van der Waals surface area contributed by atoms with Gasteiger partial charge in [-0.3, -0.25) is 0 Å². The minimum absolute atomic E-state index is 0.0835. The second-order valence-electron chi connectivity index (χ2n) is 12.6. The molecule has 0 spiro atoms. The minimum atomic E-state index is -0.0835. The Labute approximate surface area is 257 Å². The fourth-order valence-corrected chi connectivity index (χ4v) is 7.58. The smallest absolute Gasteiger partial charge is 0.0547 e. The van der Waals surface area contributed by atoms with Crippen LogP contribution >= 0.6 is 0 Å². The first-order chi connectivity index (χ1) is 21.6. The Bertz CT molecular complexity index is 2330. The first-order valence-corrected chi connectivity index (χ1v) is 15.4. The van der Waals surface area contributed by atoms with E-state index in [2.05, 4.69) is 170 Å². The molecule has 8 aromatic rings. The van der Waals surface area contributed by atoms with Crippen LogP contribution in [0.4, 0.5) is 0 Å². The predicted octanol–water partition coefficient (Wildman–Crippen LogP) is 11.6.